The van der Waals surface area contributed by atoms with E-state index in [1.807, 2.05) is 13.0 Å². The number of ether oxygens (including phenoxy) is 1. The van der Waals surface area contributed by atoms with Crippen LogP contribution in [0.2, 0.25) is 0 Å². The first-order valence-electron chi connectivity index (χ1n) is 8.29. The molecule has 3 rings (SSSR count). The van der Waals surface area contributed by atoms with Crippen LogP contribution >= 0.6 is 0 Å². The molecule has 1 aliphatic heterocycles. The highest BCUT2D eigenvalue weighted by atomic mass is 16.5. The number of rotatable bonds is 3. The fraction of sp³-hybridized carbons (Fsp3) is 0.765. The molecule has 1 spiro atoms. The number of aliphatic hydroxyl groups excluding tert-OH is 1. The lowest BCUT2D eigenvalue weighted by molar-refractivity contribution is -0.113. The standard InChI is InChI=1S/C17H26N2O2/c1-3-15-14(10-12(2)18-19-15)16(20)13-6-9-21-17(11-13)7-4-5-8-17/h10,13,16,20H,3-9,11H2,1-2H3. The fourth-order valence-electron chi connectivity index (χ4n) is 4.02. The average molecular weight is 290 g/mol. The molecular weight excluding hydrogens is 264 g/mol. The molecule has 2 unspecified atom stereocenters. The van der Waals surface area contributed by atoms with Gasteiger partial charge in [-0.3, -0.25) is 0 Å². The van der Waals surface area contributed by atoms with Crippen LogP contribution in [0, 0.1) is 12.8 Å². The molecule has 0 amide bonds. The number of aromatic nitrogens is 2. The molecule has 4 nitrogen and oxygen atoms in total. The number of nitrogens with zero attached hydrogens (tertiary/aromatic N) is 2. The summed E-state index contributed by atoms with van der Waals surface area (Å²) in [4.78, 5) is 0. The maximum absolute atomic E-state index is 10.9. The third-order valence-electron chi connectivity index (χ3n) is 5.17. The van der Waals surface area contributed by atoms with E-state index in [-0.39, 0.29) is 11.5 Å². The van der Waals surface area contributed by atoms with Crippen LogP contribution in [0.5, 0.6) is 0 Å². The van der Waals surface area contributed by atoms with Gasteiger partial charge in [0.15, 0.2) is 0 Å². The van der Waals surface area contributed by atoms with Crippen LogP contribution in [0.1, 0.15) is 68.5 Å². The van der Waals surface area contributed by atoms with E-state index in [1.54, 1.807) is 0 Å². The molecule has 21 heavy (non-hydrogen) atoms. The number of aliphatic hydroxyl groups is 1. The van der Waals surface area contributed by atoms with Gasteiger partial charge in [-0.25, -0.2) is 0 Å². The molecule has 0 bridgehead atoms. The number of hydrogen-bond acceptors (Lipinski definition) is 4. The summed E-state index contributed by atoms with van der Waals surface area (Å²) in [7, 11) is 0. The Bertz CT molecular complexity index is 498. The van der Waals surface area contributed by atoms with Crippen LogP contribution in [-0.4, -0.2) is 27.5 Å². The van der Waals surface area contributed by atoms with Gasteiger partial charge < -0.3 is 9.84 Å². The molecule has 2 atom stereocenters. The minimum atomic E-state index is -0.435. The molecule has 116 valence electrons. The van der Waals surface area contributed by atoms with E-state index in [1.165, 1.54) is 12.8 Å². The molecule has 1 saturated heterocycles. The maximum atomic E-state index is 10.9. The first-order chi connectivity index (χ1) is 10.1. The highest BCUT2D eigenvalue weighted by Crippen LogP contribution is 2.45. The number of hydrogen-bond donors (Lipinski definition) is 1. The van der Waals surface area contributed by atoms with E-state index in [9.17, 15) is 5.11 Å². The summed E-state index contributed by atoms with van der Waals surface area (Å²) < 4.78 is 6.08. The fourth-order valence-corrected chi connectivity index (χ4v) is 4.02. The van der Waals surface area contributed by atoms with E-state index in [0.717, 1.165) is 55.7 Å². The smallest absolute Gasteiger partial charge is 0.0839 e. The van der Waals surface area contributed by atoms with Crippen molar-refractivity contribution >= 4 is 0 Å². The Morgan fingerprint density at radius 1 is 1.38 bits per heavy atom. The van der Waals surface area contributed by atoms with Gasteiger partial charge in [0.2, 0.25) is 0 Å². The Balaban J connectivity index is 1.81. The summed E-state index contributed by atoms with van der Waals surface area (Å²) in [6.45, 7) is 4.78. The van der Waals surface area contributed by atoms with Crippen molar-refractivity contribution in [2.24, 2.45) is 5.92 Å². The molecular formula is C17H26N2O2. The molecule has 2 fully saturated rings. The van der Waals surface area contributed by atoms with E-state index < -0.39 is 6.10 Å². The van der Waals surface area contributed by atoms with Gasteiger partial charge in [-0.15, -0.1) is 0 Å². The second-order valence-electron chi connectivity index (χ2n) is 6.68. The van der Waals surface area contributed by atoms with E-state index >= 15 is 0 Å². The predicted molar refractivity (Wildman–Crippen MR) is 81.0 cm³/mol. The monoisotopic (exact) mass is 290 g/mol. The molecule has 1 aliphatic carbocycles. The summed E-state index contributed by atoms with van der Waals surface area (Å²) in [5.41, 5.74) is 2.83. The van der Waals surface area contributed by atoms with Gasteiger partial charge in [0, 0.05) is 12.2 Å². The van der Waals surface area contributed by atoms with Crippen LogP contribution in [-0.2, 0) is 11.2 Å². The lowest BCUT2D eigenvalue weighted by Crippen LogP contribution is -2.39. The lowest BCUT2D eigenvalue weighted by Gasteiger charge is -2.40. The quantitative estimate of drug-likeness (QED) is 0.929. The molecule has 2 aliphatic rings. The van der Waals surface area contributed by atoms with E-state index in [2.05, 4.69) is 17.1 Å². The zero-order valence-corrected chi connectivity index (χ0v) is 13.1. The number of aryl methyl sites for hydroxylation is 2. The van der Waals surface area contributed by atoms with Crippen molar-refractivity contribution in [3.8, 4) is 0 Å². The molecule has 0 radical (unpaired) electrons. The van der Waals surface area contributed by atoms with Gasteiger partial charge in [0.05, 0.1) is 23.1 Å². The molecule has 1 aromatic heterocycles. The Hall–Kier alpha value is -1.00. The topological polar surface area (TPSA) is 55.2 Å². The lowest BCUT2D eigenvalue weighted by atomic mass is 9.79. The summed E-state index contributed by atoms with van der Waals surface area (Å²) in [6, 6.07) is 2.01. The van der Waals surface area contributed by atoms with Gasteiger partial charge in [-0.05, 0) is 51.0 Å². The summed E-state index contributed by atoms with van der Waals surface area (Å²) in [6.07, 6.45) is 7.14. The molecule has 2 heterocycles. The van der Waals surface area contributed by atoms with Gasteiger partial charge in [0.25, 0.3) is 0 Å². The van der Waals surface area contributed by atoms with Crippen molar-refractivity contribution in [3.05, 3.63) is 23.0 Å². The normalized spacial score (nSPS) is 26.1. The third-order valence-corrected chi connectivity index (χ3v) is 5.17. The predicted octanol–water partition coefficient (Wildman–Crippen LogP) is 3.12. The van der Waals surface area contributed by atoms with Crippen molar-refractivity contribution in [3.63, 3.8) is 0 Å². The molecule has 1 saturated carbocycles. The van der Waals surface area contributed by atoms with Crippen molar-refractivity contribution < 1.29 is 9.84 Å². The zero-order chi connectivity index (χ0) is 14.9. The highest BCUT2D eigenvalue weighted by Gasteiger charge is 2.42. The average Bonchev–Trinajstić information content (AvgIpc) is 2.94. The summed E-state index contributed by atoms with van der Waals surface area (Å²) in [5, 5.41) is 19.3. The third kappa shape index (κ3) is 2.97. The van der Waals surface area contributed by atoms with Crippen LogP contribution < -0.4 is 0 Å². The minimum Gasteiger partial charge on any atom is -0.388 e. The van der Waals surface area contributed by atoms with Crippen molar-refractivity contribution in [2.45, 2.75) is 70.5 Å². The summed E-state index contributed by atoms with van der Waals surface area (Å²) >= 11 is 0. The van der Waals surface area contributed by atoms with Gasteiger partial charge in [0.1, 0.15) is 0 Å². The highest BCUT2D eigenvalue weighted by molar-refractivity contribution is 5.24. The molecule has 0 aromatic carbocycles. The maximum Gasteiger partial charge on any atom is 0.0839 e. The van der Waals surface area contributed by atoms with Crippen molar-refractivity contribution in [1.82, 2.24) is 10.2 Å². The first kappa shape index (κ1) is 14.9. The van der Waals surface area contributed by atoms with Crippen LogP contribution in [0.4, 0.5) is 0 Å². The molecule has 1 N–H and O–H groups in total. The van der Waals surface area contributed by atoms with Crippen LogP contribution in [0.15, 0.2) is 6.07 Å². The SMILES string of the molecule is CCc1nnc(C)cc1C(O)C1CCOC2(CCCC2)C1. The summed E-state index contributed by atoms with van der Waals surface area (Å²) in [5.74, 6) is 0.283. The van der Waals surface area contributed by atoms with Gasteiger partial charge >= 0.3 is 0 Å². The van der Waals surface area contributed by atoms with Gasteiger partial charge in [-0.1, -0.05) is 19.8 Å². The molecule has 4 heteroatoms. The van der Waals surface area contributed by atoms with Crippen LogP contribution in [0.25, 0.3) is 0 Å². The van der Waals surface area contributed by atoms with Crippen molar-refractivity contribution in [2.75, 3.05) is 6.61 Å². The van der Waals surface area contributed by atoms with Gasteiger partial charge in [-0.2, -0.15) is 10.2 Å². The van der Waals surface area contributed by atoms with Crippen LogP contribution in [0.3, 0.4) is 0 Å². The second kappa shape index (κ2) is 6.01. The Morgan fingerprint density at radius 2 is 2.14 bits per heavy atom. The Kier molecular flexibility index (Phi) is 4.27. The van der Waals surface area contributed by atoms with E-state index in [4.69, 9.17) is 4.74 Å². The Morgan fingerprint density at radius 3 is 2.86 bits per heavy atom. The first-order valence-corrected chi connectivity index (χ1v) is 8.29. The second-order valence-corrected chi connectivity index (χ2v) is 6.68. The largest absolute Gasteiger partial charge is 0.388 e. The van der Waals surface area contributed by atoms with Crippen molar-refractivity contribution in [1.29, 1.82) is 0 Å². The molecule has 1 aromatic rings. The Labute approximate surface area is 126 Å². The zero-order valence-electron chi connectivity index (χ0n) is 13.1. The minimum absolute atomic E-state index is 0.0474. The van der Waals surface area contributed by atoms with E-state index in [0.29, 0.717) is 0 Å².